The molecule has 0 spiro atoms. The largest absolute Gasteiger partial charge is 0.236 e. The fourth-order valence-electron chi connectivity index (χ4n) is 1.66. The van der Waals surface area contributed by atoms with Crippen LogP contribution >= 0.6 is 0 Å². The Kier molecular flexibility index (Phi) is 6.90. The van der Waals surface area contributed by atoms with Crippen LogP contribution in [0.3, 0.4) is 0 Å². The summed E-state index contributed by atoms with van der Waals surface area (Å²) in [5.41, 5.74) is 1.19. The van der Waals surface area contributed by atoms with Crippen LogP contribution in [0.2, 0.25) is 0 Å². The molecule has 0 aliphatic heterocycles. The van der Waals surface area contributed by atoms with Crippen LogP contribution in [0.25, 0.3) is 0 Å². The second-order valence-corrected chi connectivity index (χ2v) is 4.49. The van der Waals surface area contributed by atoms with E-state index in [1.807, 2.05) is 18.2 Å². The first-order chi connectivity index (χ1) is 8.29. The standard InChI is InChI=1S/C15H24O2/c1-4-6-12-16-17-15(13(3)5-2)14-10-8-7-9-11-14/h7-11,13,15H,4-6,12H2,1-3H3. The van der Waals surface area contributed by atoms with Crippen molar-refractivity contribution >= 4 is 0 Å². The van der Waals surface area contributed by atoms with Gasteiger partial charge < -0.3 is 0 Å². The minimum absolute atomic E-state index is 0.0399. The maximum atomic E-state index is 5.58. The number of unbranched alkanes of at least 4 members (excludes halogenated alkanes) is 1. The zero-order chi connectivity index (χ0) is 12.5. The molecule has 0 aliphatic carbocycles. The van der Waals surface area contributed by atoms with Crippen molar-refractivity contribution in [1.82, 2.24) is 0 Å². The Bertz CT molecular complexity index is 284. The lowest BCUT2D eigenvalue weighted by molar-refractivity contribution is -0.336. The lowest BCUT2D eigenvalue weighted by Gasteiger charge is -2.22. The van der Waals surface area contributed by atoms with Gasteiger partial charge in [-0.15, -0.1) is 0 Å². The van der Waals surface area contributed by atoms with Gasteiger partial charge in [-0.3, -0.25) is 0 Å². The molecule has 2 unspecified atom stereocenters. The Labute approximate surface area is 105 Å². The molecule has 0 fully saturated rings. The van der Waals surface area contributed by atoms with Crippen molar-refractivity contribution in [3.05, 3.63) is 35.9 Å². The first-order valence-corrected chi connectivity index (χ1v) is 6.62. The molecule has 0 amide bonds. The van der Waals surface area contributed by atoms with Crippen molar-refractivity contribution in [2.75, 3.05) is 6.61 Å². The number of hydrogen-bond donors (Lipinski definition) is 0. The number of benzene rings is 1. The molecule has 1 aromatic carbocycles. The van der Waals surface area contributed by atoms with Gasteiger partial charge in [0.25, 0.3) is 0 Å². The van der Waals surface area contributed by atoms with E-state index in [0.717, 1.165) is 19.3 Å². The summed E-state index contributed by atoms with van der Waals surface area (Å²) in [6.07, 6.45) is 3.29. The second-order valence-electron chi connectivity index (χ2n) is 4.49. The van der Waals surface area contributed by atoms with E-state index in [1.54, 1.807) is 0 Å². The van der Waals surface area contributed by atoms with Crippen LogP contribution < -0.4 is 0 Å². The van der Waals surface area contributed by atoms with Gasteiger partial charge in [0.05, 0.1) is 6.61 Å². The van der Waals surface area contributed by atoms with Crippen LogP contribution in [0, 0.1) is 5.92 Å². The quantitative estimate of drug-likeness (QED) is 0.375. The van der Waals surface area contributed by atoms with E-state index in [9.17, 15) is 0 Å². The molecule has 0 radical (unpaired) electrons. The Morgan fingerprint density at radius 1 is 1.12 bits per heavy atom. The van der Waals surface area contributed by atoms with Crippen LogP contribution in [0.15, 0.2) is 30.3 Å². The van der Waals surface area contributed by atoms with E-state index in [4.69, 9.17) is 9.78 Å². The predicted octanol–water partition coefficient (Wildman–Crippen LogP) is 4.52. The highest BCUT2D eigenvalue weighted by molar-refractivity contribution is 5.17. The molecule has 1 rings (SSSR count). The minimum atomic E-state index is 0.0399. The van der Waals surface area contributed by atoms with Crippen molar-refractivity contribution in [2.45, 2.75) is 46.1 Å². The molecule has 0 aliphatic rings. The average Bonchev–Trinajstić information content (AvgIpc) is 2.39. The van der Waals surface area contributed by atoms with Crippen LogP contribution in [-0.2, 0) is 9.78 Å². The number of hydrogen-bond acceptors (Lipinski definition) is 2. The predicted molar refractivity (Wildman–Crippen MR) is 70.6 cm³/mol. The Morgan fingerprint density at radius 3 is 2.41 bits per heavy atom. The van der Waals surface area contributed by atoms with Gasteiger partial charge in [0.2, 0.25) is 0 Å². The molecular formula is C15H24O2. The normalized spacial score (nSPS) is 14.5. The second kappa shape index (κ2) is 8.26. The SMILES string of the molecule is CCCCOOC(c1ccccc1)C(C)CC. The van der Waals surface area contributed by atoms with Gasteiger partial charge in [-0.25, -0.2) is 9.78 Å². The molecule has 0 N–H and O–H groups in total. The van der Waals surface area contributed by atoms with Gasteiger partial charge in [-0.1, -0.05) is 63.9 Å². The molecule has 2 atom stereocenters. The van der Waals surface area contributed by atoms with Crippen molar-refractivity contribution in [3.8, 4) is 0 Å². The highest BCUT2D eigenvalue weighted by Crippen LogP contribution is 2.28. The van der Waals surface area contributed by atoms with Gasteiger partial charge >= 0.3 is 0 Å². The molecule has 17 heavy (non-hydrogen) atoms. The Hall–Kier alpha value is -0.860. The van der Waals surface area contributed by atoms with Gasteiger partial charge in [0.1, 0.15) is 6.10 Å². The van der Waals surface area contributed by atoms with Crippen molar-refractivity contribution in [3.63, 3.8) is 0 Å². The molecule has 96 valence electrons. The van der Waals surface area contributed by atoms with Crippen molar-refractivity contribution in [2.24, 2.45) is 5.92 Å². The maximum absolute atomic E-state index is 5.58. The van der Waals surface area contributed by atoms with Gasteiger partial charge in [-0.2, -0.15) is 0 Å². The van der Waals surface area contributed by atoms with Crippen LogP contribution in [0.5, 0.6) is 0 Å². The molecule has 2 heteroatoms. The van der Waals surface area contributed by atoms with E-state index in [0.29, 0.717) is 12.5 Å². The topological polar surface area (TPSA) is 18.5 Å². The summed E-state index contributed by atoms with van der Waals surface area (Å²) < 4.78 is 0. The van der Waals surface area contributed by atoms with Crippen molar-refractivity contribution < 1.29 is 9.78 Å². The lowest BCUT2D eigenvalue weighted by atomic mass is 9.95. The van der Waals surface area contributed by atoms with E-state index < -0.39 is 0 Å². The van der Waals surface area contributed by atoms with E-state index in [2.05, 4.69) is 32.9 Å². The molecule has 0 heterocycles. The molecule has 2 nitrogen and oxygen atoms in total. The lowest BCUT2D eigenvalue weighted by Crippen LogP contribution is -2.14. The van der Waals surface area contributed by atoms with Gasteiger partial charge in [-0.05, 0) is 17.9 Å². The van der Waals surface area contributed by atoms with Crippen LogP contribution in [0.4, 0.5) is 0 Å². The average molecular weight is 236 g/mol. The molecule has 0 aromatic heterocycles. The summed E-state index contributed by atoms with van der Waals surface area (Å²) in [6, 6.07) is 10.3. The Morgan fingerprint density at radius 2 is 1.82 bits per heavy atom. The number of rotatable bonds is 8. The molecule has 0 saturated heterocycles. The molecule has 0 bridgehead atoms. The van der Waals surface area contributed by atoms with E-state index >= 15 is 0 Å². The van der Waals surface area contributed by atoms with Crippen molar-refractivity contribution in [1.29, 1.82) is 0 Å². The third-order valence-electron chi connectivity index (χ3n) is 3.04. The molecule has 0 saturated carbocycles. The summed E-state index contributed by atoms with van der Waals surface area (Å²) in [5.74, 6) is 0.457. The zero-order valence-electron chi connectivity index (χ0n) is 11.2. The fraction of sp³-hybridized carbons (Fsp3) is 0.600. The smallest absolute Gasteiger partial charge is 0.120 e. The summed E-state index contributed by atoms with van der Waals surface area (Å²) in [5, 5.41) is 0. The maximum Gasteiger partial charge on any atom is 0.120 e. The zero-order valence-corrected chi connectivity index (χ0v) is 11.2. The summed E-state index contributed by atoms with van der Waals surface area (Å²) >= 11 is 0. The highest BCUT2D eigenvalue weighted by Gasteiger charge is 2.19. The molecular weight excluding hydrogens is 212 g/mol. The van der Waals surface area contributed by atoms with E-state index in [-0.39, 0.29) is 6.10 Å². The third-order valence-corrected chi connectivity index (χ3v) is 3.04. The monoisotopic (exact) mass is 236 g/mol. The van der Waals surface area contributed by atoms with Crippen LogP contribution in [-0.4, -0.2) is 6.61 Å². The Balaban J connectivity index is 2.55. The summed E-state index contributed by atoms with van der Waals surface area (Å²) in [4.78, 5) is 10.9. The summed E-state index contributed by atoms with van der Waals surface area (Å²) in [6.45, 7) is 7.19. The van der Waals surface area contributed by atoms with Gasteiger partial charge in [0, 0.05) is 0 Å². The third kappa shape index (κ3) is 4.88. The first kappa shape index (κ1) is 14.2. The summed E-state index contributed by atoms with van der Waals surface area (Å²) in [7, 11) is 0. The van der Waals surface area contributed by atoms with E-state index in [1.165, 1.54) is 5.56 Å². The highest BCUT2D eigenvalue weighted by atomic mass is 17.2. The molecule has 1 aromatic rings. The fourth-order valence-corrected chi connectivity index (χ4v) is 1.66. The van der Waals surface area contributed by atoms with Gasteiger partial charge in [0.15, 0.2) is 0 Å². The van der Waals surface area contributed by atoms with Crippen LogP contribution in [0.1, 0.15) is 51.7 Å². The first-order valence-electron chi connectivity index (χ1n) is 6.62. The minimum Gasteiger partial charge on any atom is -0.236 e.